The highest BCUT2D eigenvalue weighted by Crippen LogP contribution is 2.10. The second-order valence-corrected chi connectivity index (χ2v) is 4.84. The quantitative estimate of drug-likeness (QED) is 0.691. The minimum atomic E-state index is 0.770. The zero-order chi connectivity index (χ0) is 10.3. The van der Waals surface area contributed by atoms with Crippen LogP contribution in [-0.4, -0.2) is 50.8 Å². The number of hydrogen-bond donors (Lipinski definition) is 1. The van der Waals surface area contributed by atoms with Crippen LogP contribution >= 0.6 is 0 Å². The lowest BCUT2D eigenvalue weighted by Gasteiger charge is -2.26. The fraction of sp³-hybridized carbons (Fsp3) is 1.00. The second-order valence-electron chi connectivity index (χ2n) is 4.84. The van der Waals surface area contributed by atoms with E-state index in [1.54, 1.807) is 0 Å². The first kappa shape index (κ1) is 11.4. The van der Waals surface area contributed by atoms with Crippen LogP contribution in [-0.2, 0) is 4.74 Å². The molecule has 15 heavy (non-hydrogen) atoms. The maximum Gasteiger partial charge on any atom is 0.0507 e. The van der Waals surface area contributed by atoms with E-state index >= 15 is 0 Å². The van der Waals surface area contributed by atoms with Crippen LogP contribution in [0.15, 0.2) is 0 Å². The van der Waals surface area contributed by atoms with E-state index in [1.165, 1.54) is 45.3 Å². The lowest BCUT2D eigenvalue weighted by atomic mass is 10.1. The molecule has 2 aliphatic heterocycles. The van der Waals surface area contributed by atoms with E-state index in [0.717, 1.165) is 32.2 Å². The van der Waals surface area contributed by atoms with E-state index < -0.39 is 0 Å². The third-order valence-electron chi connectivity index (χ3n) is 3.51. The molecule has 0 aromatic heterocycles. The monoisotopic (exact) mass is 212 g/mol. The summed E-state index contributed by atoms with van der Waals surface area (Å²) < 4.78 is 5.35. The summed E-state index contributed by atoms with van der Waals surface area (Å²) in [6.45, 7) is 8.09. The highest BCUT2D eigenvalue weighted by Gasteiger charge is 2.15. The molecule has 3 nitrogen and oxygen atoms in total. The molecule has 0 aromatic carbocycles. The zero-order valence-electron chi connectivity index (χ0n) is 9.71. The van der Waals surface area contributed by atoms with Crippen molar-refractivity contribution in [3.8, 4) is 0 Å². The molecule has 0 spiro atoms. The topological polar surface area (TPSA) is 24.5 Å². The maximum atomic E-state index is 5.35. The number of hydrogen-bond acceptors (Lipinski definition) is 3. The zero-order valence-corrected chi connectivity index (χ0v) is 9.71. The SMILES string of the molecule is C1CCN(CCNCC2CCOC2)CC1. The van der Waals surface area contributed by atoms with Crippen LogP contribution in [0.2, 0.25) is 0 Å². The van der Waals surface area contributed by atoms with Gasteiger partial charge in [0.05, 0.1) is 6.61 Å². The van der Waals surface area contributed by atoms with E-state index in [9.17, 15) is 0 Å². The highest BCUT2D eigenvalue weighted by molar-refractivity contribution is 4.69. The average molecular weight is 212 g/mol. The molecule has 88 valence electrons. The summed E-state index contributed by atoms with van der Waals surface area (Å²) in [5.41, 5.74) is 0. The Kier molecular flexibility index (Phi) is 4.90. The Morgan fingerprint density at radius 1 is 1.20 bits per heavy atom. The molecule has 0 radical (unpaired) electrons. The average Bonchev–Trinajstić information content (AvgIpc) is 2.79. The Morgan fingerprint density at radius 3 is 2.80 bits per heavy atom. The molecule has 0 aliphatic carbocycles. The van der Waals surface area contributed by atoms with Crippen LogP contribution in [0.1, 0.15) is 25.7 Å². The van der Waals surface area contributed by atoms with Gasteiger partial charge in [-0.05, 0) is 38.3 Å². The molecule has 0 amide bonds. The van der Waals surface area contributed by atoms with Crippen molar-refractivity contribution in [3.63, 3.8) is 0 Å². The molecule has 1 N–H and O–H groups in total. The first-order valence-electron chi connectivity index (χ1n) is 6.46. The predicted octanol–water partition coefficient (Wildman–Crippen LogP) is 1.10. The Bertz CT molecular complexity index is 163. The van der Waals surface area contributed by atoms with Crippen molar-refractivity contribution < 1.29 is 4.74 Å². The van der Waals surface area contributed by atoms with Crippen LogP contribution in [0.4, 0.5) is 0 Å². The third kappa shape index (κ3) is 4.09. The van der Waals surface area contributed by atoms with Gasteiger partial charge in [0.25, 0.3) is 0 Å². The third-order valence-corrected chi connectivity index (χ3v) is 3.51. The molecule has 2 fully saturated rings. The molecule has 3 heteroatoms. The van der Waals surface area contributed by atoms with Crippen LogP contribution in [0, 0.1) is 5.92 Å². The van der Waals surface area contributed by atoms with E-state index in [1.807, 2.05) is 0 Å². The number of nitrogens with zero attached hydrogens (tertiary/aromatic N) is 1. The Balaban J connectivity index is 1.47. The van der Waals surface area contributed by atoms with Gasteiger partial charge in [0.1, 0.15) is 0 Å². The predicted molar refractivity (Wildman–Crippen MR) is 62.1 cm³/mol. The van der Waals surface area contributed by atoms with Gasteiger partial charge in [0, 0.05) is 26.2 Å². The summed E-state index contributed by atoms with van der Waals surface area (Å²) in [6.07, 6.45) is 5.48. The van der Waals surface area contributed by atoms with Crippen molar-refractivity contribution in [2.24, 2.45) is 5.92 Å². The smallest absolute Gasteiger partial charge is 0.0507 e. The summed E-state index contributed by atoms with van der Waals surface area (Å²) in [4.78, 5) is 2.58. The molecular formula is C12H24N2O. The lowest BCUT2D eigenvalue weighted by Crippen LogP contribution is -2.37. The van der Waals surface area contributed by atoms with Gasteiger partial charge in [0.2, 0.25) is 0 Å². The normalized spacial score (nSPS) is 28.4. The van der Waals surface area contributed by atoms with Gasteiger partial charge in [0.15, 0.2) is 0 Å². The first-order valence-corrected chi connectivity index (χ1v) is 6.46. The number of piperidine rings is 1. The fourth-order valence-corrected chi connectivity index (χ4v) is 2.47. The molecule has 0 aromatic rings. The summed E-state index contributed by atoms with van der Waals surface area (Å²) in [5.74, 6) is 0.770. The van der Waals surface area contributed by atoms with E-state index in [-0.39, 0.29) is 0 Å². The van der Waals surface area contributed by atoms with Crippen molar-refractivity contribution in [2.75, 3.05) is 45.9 Å². The number of ether oxygens (including phenoxy) is 1. The Morgan fingerprint density at radius 2 is 2.07 bits per heavy atom. The second kappa shape index (κ2) is 6.46. The van der Waals surface area contributed by atoms with Crippen LogP contribution in [0.5, 0.6) is 0 Å². The van der Waals surface area contributed by atoms with Crippen molar-refractivity contribution >= 4 is 0 Å². The summed E-state index contributed by atoms with van der Waals surface area (Å²) >= 11 is 0. The fourth-order valence-electron chi connectivity index (χ4n) is 2.47. The molecule has 2 heterocycles. The Labute approximate surface area is 93.2 Å². The first-order chi connectivity index (χ1) is 7.45. The van der Waals surface area contributed by atoms with Crippen molar-refractivity contribution in [2.45, 2.75) is 25.7 Å². The highest BCUT2D eigenvalue weighted by atomic mass is 16.5. The van der Waals surface area contributed by atoms with E-state index in [0.29, 0.717) is 0 Å². The number of likely N-dealkylation sites (tertiary alicyclic amines) is 1. The summed E-state index contributed by atoms with van der Waals surface area (Å²) in [7, 11) is 0. The van der Waals surface area contributed by atoms with Gasteiger partial charge >= 0.3 is 0 Å². The van der Waals surface area contributed by atoms with Crippen molar-refractivity contribution in [3.05, 3.63) is 0 Å². The molecule has 0 bridgehead atoms. The van der Waals surface area contributed by atoms with Crippen LogP contribution in [0.3, 0.4) is 0 Å². The molecular weight excluding hydrogens is 188 g/mol. The summed E-state index contributed by atoms with van der Waals surface area (Å²) in [6, 6.07) is 0. The molecule has 2 aliphatic rings. The largest absolute Gasteiger partial charge is 0.381 e. The molecule has 0 saturated carbocycles. The van der Waals surface area contributed by atoms with Gasteiger partial charge in [-0.15, -0.1) is 0 Å². The van der Waals surface area contributed by atoms with Gasteiger partial charge in [-0.2, -0.15) is 0 Å². The summed E-state index contributed by atoms with van der Waals surface area (Å²) in [5, 5.41) is 3.55. The number of nitrogens with one attached hydrogen (secondary N) is 1. The van der Waals surface area contributed by atoms with Crippen LogP contribution in [0.25, 0.3) is 0 Å². The minimum Gasteiger partial charge on any atom is -0.381 e. The molecule has 2 rings (SSSR count). The molecule has 1 unspecified atom stereocenters. The van der Waals surface area contributed by atoms with E-state index in [2.05, 4.69) is 10.2 Å². The van der Waals surface area contributed by atoms with Gasteiger partial charge in [-0.3, -0.25) is 0 Å². The standard InChI is InChI=1S/C12H24N2O/c1-2-6-14(7-3-1)8-5-13-10-12-4-9-15-11-12/h12-13H,1-11H2. The minimum absolute atomic E-state index is 0.770. The van der Waals surface area contributed by atoms with Gasteiger partial charge < -0.3 is 15.0 Å². The lowest BCUT2D eigenvalue weighted by molar-refractivity contribution is 0.184. The van der Waals surface area contributed by atoms with Crippen LogP contribution < -0.4 is 5.32 Å². The molecule has 2 saturated heterocycles. The molecule has 1 atom stereocenters. The van der Waals surface area contributed by atoms with Crippen molar-refractivity contribution in [1.29, 1.82) is 0 Å². The number of rotatable bonds is 5. The van der Waals surface area contributed by atoms with Crippen molar-refractivity contribution in [1.82, 2.24) is 10.2 Å². The van der Waals surface area contributed by atoms with E-state index in [4.69, 9.17) is 4.74 Å². The maximum absolute atomic E-state index is 5.35. The van der Waals surface area contributed by atoms with Gasteiger partial charge in [-0.25, -0.2) is 0 Å². The Hall–Kier alpha value is -0.120. The van der Waals surface area contributed by atoms with Gasteiger partial charge in [-0.1, -0.05) is 6.42 Å².